The summed E-state index contributed by atoms with van der Waals surface area (Å²) >= 11 is 1.40. The number of oxime groups is 1. The average Bonchev–Trinajstić information content (AvgIpc) is 2.60. The van der Waals surface area contributed by atoms with E-state index in [2.05, 4.69) is 15.0 Å². The van der Waals surface area contributed by atoms with Gasteiger partial charge in [0.1, 0.15) is 23.9 Å². The van der Waals surface area contributed by atoms with E-state index in [1.54, 1.807) is 18.2 Å². The van der Waals surface area contributed by atoms with Crippen LogP contribution in [0.15, 0.2) is 45.7 Å². The van der Waals surface area contributed by atoms with Gasteiger partial charge in [-0.05, 0) is 12.1 Å². The molecule has 0 spiro atoms. The van der Waals surface area contributed by atoms with Crippen molar-refractivity contribution in [3.05, 3.63) is 41.1 Å². The van der Waals surface area contributed by atoms with E-state index in [0.717, 1.165) is 0 Å². The molecule has 1 fully saturated rings. The molecule has 1 amide bonds. The third kappa shape index (κ3) is 3.10. The number of aliphatic imine (C=N–C) groups is 1. The second-order valence-electron chi connectivity index (χ2n) is 5.29. The van der Waals surface area contributed by atoms with Crippen molar-refractivity contribution < 1.29 is 24.6 Å². The first-order chi connectivity index (χ1) is 12.0. The van der Waals surface area contributed by atoms with Gasteiger partial charge < -0.3 is 15.1 Å². The number of benzene rings is 1. The minimum Gasteiger partial charge on any atom is -0.507 e. The average molecular weight is 361 g/mol. The third-order valence-corrected chi connectivity index (χ3v) is 5.09. The normalized spacial score (nSPS) is 23.1. The van der Waals surface area contributed by atoms with Gasteiger partial charge in [0, 0.05) is 23.1 Å². The molecule has 3 rings (SSSR count). The van der Waals surface area contributed by atoms with E-state index in [9.17, 15) is 19.8 Å². The van der Waals surface area contributed by atoms with Crippen LogP contribution in [-0.4, -0.2) is 63.7 Å². The summed E-state index contributed by atoms with van der Waals surface area (Å²) in [6, 6.07) is 5.96. The number of para-hydroxylation sites is 1. The van der Waals surface area contributed by atoms with E-state index in [4.69, 9.17) is 0 Å². The molecule has 0 aromatic heterocycles. The van der Waals surface area contributed by atoms with Crippen molar-refractivity contribution in [1.29, 1.82) is 0 Å². The highest BCUT2D eigenvalue weighted by Crippen LogP contribution is 2.41. The van der Waals surface area contributed by atoms with Crippen molar-refractivity contribution in [3.8, 4) is 5.75 Å². The number of carboxylic acid groups (broad SMARTS) is 1. The Balaban J connectivity index is 1.83. The number of β-lactam (4-membered cyclic amide) rings is 1. The van der Waals surface area contributed by atoms with Crippen LogP contribution in [0.25, 0.3) is 0 Å². The van der Waals surface area contributed by atoms with E-state index < -0.39 is 17.9 Å². The molecule has 8 nitrogen and oxygen atoms in total. The van der Waals surface area contributed by atoms with Gasteiger partial charge in [0.25, 0.3) is 5.91 Å². The topological polar surface area (TPSA) is 112 Å². The van der Waals surface area contributed by atoms with E-state index in [0.29, 0.717) is 16.9 Å². The summed E-state index contributed by atoms with van der Waals surface area (Å²) in [5.74, 6) is -1.15. The van der Waals surface area contributed by atoms with Crippen LogP contribution in [0.1, 0.15) is 5.56 Å². The minimum atomic E-state index is -1.20. The quantitative estimate of drug-likeness (QED) is 0.461. The Morgan fingerprint density at radius 2 is 2.16 bits per heavy atom. The van der Waals surface area contributed by atoms with Crippen molar-refractivity contribution in [2.24, 2.45) is 10.1 Å². The number of nitrogens with zero attached hydrogens (tertiary/aromatic N) is 3. The fraction of sp³-hybridized carbons (Fsp3) is 0.250. The molecule has 2 aliphatic rings. The number of aliphatic carboxylic acids is 1. The lowest BCUT2D eigenvalue weighted by atomic mass is 10.0. The van der Waals surface area contributed by atoms with Gasteiger partial charge in [-0.15, -0.1) is 11.8 Å². The van der Waals surface area contributed by atoms with Crippen molar-refractivity contribution in [1.82, 2.24) is 4.90 Å². The minimum absolute atomic E-state index is 0.0651. The zero-order valence-corrected chi connectivity index (χ0v) is 14.0. The lowest BCUT2D eigenvalue weighted by Gasteiger charge is -2.47. The maximum Gasteiger partial charge on any atom is 0.353 e. The summed E-state index contributed by atoms with van der Waals surface area (Å²) in [7, 11) is 1.36. The highest BCUT2D eigenvalue weighted by molar-refractivity contribution is 8.00. The standard InChI is InChI=1S/C16H15N3O5S/c1-24-18-7-10-8-25-15-12(14(21)19(15)13(10)16(22)23)17-6-9-4-2-3-5-11(9)20/h2-7,12,15,20H,8H2,1H3,(H,22,23)/b17-6+,18-7+/t12-,15-/m1/s1. The third-order valence-electron chi connectivity index (χ3n) is 3.80. The van der Waals surface area contributed by atoms with E-state index in [1.807, 2.05) is 0 Å². The van der Waals surface area contributed by atoms with Crippen LogP contribution in [0, 0.1) is 0 Å². The van der Waals surface area contributed by atoms with Crippen LogP contribution in [0.5, 0.6) is 5.75 Å². The Hall–Kier alpha value is -2.81. The highest BCUT2D eigenvalue weighted by atomic mass is 32.2. The molecule has 0 saturated carbocycles. The lowest BCUT2D eigenvalue weighted by Crippen LogP contribution is -2.64. The molecule has 9 heteroatoms. The number of carbonyl (C=O) groups is 2. The van der Waals surface area contributed by atoms with Crippen LogP contribution in [-0.2, 0) is 14.4 Å². The molecular formula is C16H15N3O5S. The number of amides is 1. The summed E-state index contributed by atoms with van der Waals surface area (Å²) in [6.07, 6.45) is 2.74. The summed E-state index contributed by atoms with van der Waals surface area (Å²) < 4.78 is 0. The molecule has 2 atom stereocenters. The Bertz CT molecular complexity index is 805. The van der Waals surface area contributed by atoms with Crippen molar-refractivity contribution in [3.63, 3.8) is 0 Å². The van der Waals surface area contributed by atoms with E-state index >= 15 is 0 Å². The lowest BCUT2D eigenvalue weighted by molar-refractivity contribution is -0.147. The molecule has 0 aliphatic carbocycles. The summed E-state index contributed by atoms with van der Waals surface area (Å²) in [4.78, 5) is 34.0. The van der Waals surface area contributed by atoms with Crippen molar-refractivity contribution >= 4 is 36.1 Å². The Morgan fingerprint density at radius 3 is 2.84 bits per heavy atom. The van der Waals surface area contributed by atoms with Gasteiger partial charge in [0.05, 0.1) is 6.21 Å². The van der Waals surface area contributed by atoms with E-state index in [1.165, 1.54) is 42.3 Å². The molecule has 1 aromatic carbocycles. The Morgan fingerprint density at radius 1 is 1.40 bits per heavy atom. The van der Waals surface area contributed by atoms with Gasteiger partial charge in [0.2, 0.25) is 0 Å². The molecule has 0 radical (unpaired) electrons. The van der Waals surface area contributed by atoms with Gasteiger partial charge >= 0.3 is 5.97 Å². The molecule has 2 aliphatic heterocycles. The van der Waals surface area contributed by atoms with Crippen molar-refractivity contribution in [2.45, 2.75) is 11.4 Å². The molecule has 2 heterocycles. The van der Waals surface area contributed by atoms with Gasteiger partial charge in [-0.1, -0.05) is 17.3 Å². The van der Waals surface area contributed by atoms with Gasteiger partial charge in [-0.2, -0.15) is 0 Å². The maximum absolute atomic E-state index is 12.4. The first-order valence-electron chi connectivity index (χ1n) is 7.33. The number of rotatable bonds is 5. The van der Waals surface area contributed by atoms with Gasteiger partial charge in [-0.3, -0.25) is 14.7 Å². The molecule has 25 heavy (non-hydrogen) atoms. The smallest absolute Gasteiger partial charge is 0.353 e. The van der Waals surface area contributed by atoms with Crippen LogP contribution in [0.4, 0.5) is 0 Å². The molecule has 130 valence electrons. The van der Waals surface area contributed by atoms with Crippen LogP contribution in [0.2, 0.25) is 0 Å². The second kappa shape index (κ2) is 6.98. The maximum atomic E-state index is 12.4. The number of carbonyl (C=O) groups excluding carboxylic acids is 1. The number of carboxylic acids is 1. The monoisotopic (exact) mass is 361 g/mol. The first kappa shape index (κ1) is 17.0. The van der Waals surface area contributed by atoms with Crippen LogP contribution >= 0.6 is 11.8 Å². The Kier molecular flexibility index (Phi) is 4.75. The summed E-state index contributed by atoms with van der Waals surface area (Å²) in [5.41, 5.74) is 0.812. The Labute approximate surface area is 147 Å². The summed E-state index contributed by atoms with van der Waals surface area (Å²) in [6.45, 7) is 0. The van der Waals surface area contributed by atoms with E-state index in [-0.39, 0.29) is 16.8 Å². The predicted octanol–water partition coefficient (Wildman–Crippen LogP) is 1.07. The summed E-state index contributed by atoms with van der Waals surface area (Å²) in [5, 5.41) is 22.4. The number of aromatic hydroxyl groups is 1. The number of phenolic OH excluding ortho intramolecular Hbond substituents is 1. The molecule has 1 aromatic rings. The number of phenols is 1. The molecule has 0 unspecified atom stereocenters. The zero-order valence-electron chi connectivity index (χ0n) is 13.2. The number of hydrogen-bond donors (Lipinski definition) is 2. The molecular weight excluding hydrogens is 346 g/mol. The SMILES string of the molecule is CO/N=C/C1=C(C(=O)O)N2C(=O)[C@@H](/N=C/c3ccccc3O)[C@H]2SC1. The van der Waals surface area contributed by atoms with Gasteiger partial charge in [-0.25, -0.2) is 4.79 Å². The molecule has 0 bridgehead atoms. The van der Waals surface area contributed by atoms with Crippen molar-refractivity contribution in [2.75, 3.05) is 12.9 Å². The number of fused-ring (bicyclic) bond motifs is 1. The number of thioether (sulfide) groups is 1. The fourth-order valence-electron chi connectivity index (χ4n) is 2.60. The largest absolute Gasteiger partial charge is 0.507 e. The second-order valence-corrected chi connectivity index (χ2v) is 6.39. The van der Waals surface area contributed by atoms with Crippen LogP contribution in [0.3, 0.4) is 0 Å². The number of hydrogen-bond acceptors (Lipinski definition) is 7. The van der Waals surface area contributed by atoms with Gasteiger partial charge in [0.15, 0.2) is 6.04 Å². The fourth-order valence-corrected chi connectivity index (χ4v) is 3.89. The zero-order chi connectivity index (χ0) is 18.0. The molecule has 1 saturated heterocycles. The van der Waals surface area contributed by atoms with Crippen LogP contribution < -0.4 is 0 Å². The predicted molar refractivity (Wildman–Crippen MR) is 92.7 cm³/mol. The molecule has 2 N–H and O–H groups in total. The highest BCUT2D eigenvalue weighted by Gasteiger charge is 2.53. The first-order valence-corrected chi connectivity index (χ1v) is 8.38.